The fourth-order valence-electron chi connectivity index (χ4n) is 2.06. The van der Waals surface area contributed by atoms with Crippen molar-refractivity contribution in [3.63, 3.8) is 0 Å². The molecule has 0 aliphatic carbocycles. The smallest absolute Gasteiger partial charge is 0.230 e. The molecule has 0 aliphatic rings. The Kier molecular flexibility index (Phi) is 2.52. The number of para-hydroxylation sites is 2. The molecule has 0 atom stereocenters. The summed E-state index contributed by atoms with van der Waals surface area (Å²) in [7, 11) is 1.97. The number of rotatable bonds is 1. The molecule has 3 rings (SSSR count). The second kappa shape index (κ2) is 4.18. The molecule has 1 aromatic heterocycles. The second-order valence-electron chi connectivity index (χ2n) is 4.24. The number of hydrogen-bond donors (Lipinski definition) is 0. The minimum Gasteiger partial charge on any atom is -0.235 e. The van der Waals surface area contributed by atoms with Crippen LogP contribution >= 0.6 is 0 Å². The van der Waals surface area contributed by atoms with Crippen molar-refractivity contribution in [3.05, 3.63) is 60.5 Å². The molecule has 18 heavy (non-hydrogen) atoms. The van der Waals surface area contributed by atoms with E-state index in [4.69, 9.17) is 0 Å². The van der Waals surface area contributed by atoms with Gasteiger partial charge >= 0.3 is 0 Å². The van der Waals surface area contributed by atoms with E-state index in [2.05, 4.69) is 4.98 Å². The average Bonchev–Trinajstić information content (AvgIpc) is 2.39. The van der Waals surface area contributed by atoms with Crippen LogP contribution in [0.5, 0.6) is 0 Å². The van der Waals surface area contributed by atoms with Gasteiger partial charge in [-0.15, -0.1) is 0 Å². The van der Waals surface area contributed by atoms with Crippen LogP contribution in [0.2, 0.25) is 0 Å². The van der Waals surface area contributed by atoms with E-state index in [1.54, 1.807) is 6.07 Å². The van der Waals surface area contributed by atoms with Gasteiger partial charge in [0.15, 0.2) is 6.20 Å². The van der Waals surface area contributed by atoms with Crippen molar-refractivity contribution >= 4 is 11.0 Å². The van der Waals surface area contributed by atoms with Crippen LogP contribution in [0.4, 0.5) is 4.39 Å². The molecule has 2 nitrogen and oxygen atoms in total. The summed E-state index contributed by atoms with van der Waals surface area (Å²) in [5, 5.41) is 0. The van der Waals surface area contributed by atoms with Crippen LogP contribution in [0.25, 0.3) is 22.3 Å². The number of hydrogen-bond acceptors (Lipinski definition) is 1. The highest BCUT2D eigenvalue weighted by atomic mass is 19.1. The lowest BCUT2D eigenvalue weighted by Crippen LogP contribution is -2.29. The molecule has 0 radical (unpaired) electrons. The molecule has 0 amide bonds. The predicted octanol–water partition coefficient (Wildman–Crippen LogP) is 2.87. The topological polar surface area (TPSA) is 16.8 Å². The summed E-state index contributed by atoms with van der Waals surface area (Å²) >= 11 is 0. The summed E-state index contributed by atoms with van der Waals surface area (Å²) in [5.74, 6) is -0.245. The van der Waals surface area contributed by atoms with E-state index in [1.165, 1.54) is 12.1 Å². The number of nitrogens with zero attached hydrogens (tertiary/aromatic N) is 2. The van der Waals surface area contributed by atoms with Gasteiger partial charge in [0.2, 0.25) is 5.52 Å². The number of fused-ring (bicyclic) bond motifs is 1. The zero-order valence-corrected chi connectivity index (χ0v) is 9.97. The Morgan fingerprint density at radius 3 is 2.72 bits per heavy atom. The molecule has 0 saturated heterocycles. The first-order valence-electron chi connectivity index (χ1n) is 5.75. The molecule has 0 saturated carbocycles. The largest absolute Gasteiger partial charge is 0.235 e. The summed E-state index contributed by atoms with van der Waals surface area (Å²) in [6, 6.07) is 14.4. The van der Waals surface area contributed by atoms with Gasteiger partial charge in [-0.1, -0.05) is 24.3 Å². The molecule has 1 heterocycles. The zero-order valence-electron chi connectivity index (χ0n) is 9.97. The maximum atomic E-state index is 13.2. The van der Waals surface area contributed by atoms with Gasteiger partial charge in [-0.05, 0) is 18.2 Å². The molecule has 2 aromatic carbocycles. The fourth-order valence-corrected chi connectivity index (χ4v) is 2.06. The monoisotopic (exact) mass is 239 g/mol. The fraction of sp³-hybridized carbons (Fsp3) is 0.0667. The summed E-state index contributed by atoms with van der Waals surface area (Å²) in [6.07, 6.45) is 1.91. The Bertz CT molecular complexity index is 723. The van der Waals surface area contributed by atoms with Gasteiger partial charge in [-0.2, -0.15) is 4.57 Å². The van der Waals surface area contributed by atoms with E-state index in [1.807, 2.05) is 48.1 Å². The molecule has 88 valence electrons. The van der Waals surface area contributed by atoms with Gasteiger partial charge in [-0.3, -0.25) is 0 Å². The molecule has 0 bridgehead atoms. The van der Waals surface area contributed by atoms with Gasteiger partial charge in [0.25, 0.3) is 0 Å². The molecule has 0 spiro atoms. The minimum atomic E-state index is -0.245. The van der Waals surface area contributed by atoms with Crippen LogP contribution in [0.3, 0.4) is 0 Å². The number of benzene rings is 2. The third-order valence-electron chi connectivity index (χ3n) is 2.94. The Morgan fingerprint density at radius 1 is 1.06 bits per heavy atom. The van der Waals surface area contributed by atoms with Crippen LogP contribution in [0.15, 0.2) is 54.7 Å². The van der Waals surface area contributed by atoms with Crippen molar-refractivity contribution in [3.8, 4) is 11.3 Å². The Labute approximate surface area is 104 Å². The van der Waals surface area contributed by atoms with Crippen molar-refractivity contribution in [2.24, 2.45) is 7.05 Å². The van der Waals surface area contributed by atoms with E-state index in [9.17, 15) is 4.39 Å². The third kappa shape index (κ3) is 1.84. The molecule has 0 aliphatic heterocycles. The Hall–Kier alpha value is -2.29. The molecular weight excluding hydrogens is 227 g/mol. The summed E-state index contributed by atoms with van der Waals surface area (Å²) < 4.78 is 15.2. The van der Waals surface area contributed by atoms with Gasteiger partial charge in [0.1, 0.15) is 24.1 Å². The van der Waals surface area contributed by atoms with Crippen LogP contribution < -0.4 is 4.57 Å². The van der Waals surface area contributed by atoms with Crippen LogP contribution in [-0.4, -0.2) is 4.98 Å². The molecule has 0 N–H and O–H groups in total. The van der Waals surface area contributed by atoms with E-state index < -0.39 is 0 Å². The maximum Gasteiger partial charge on any atom is 0.230 e. The number of aryl methyl sites for hydroxylation is 1. The zero-order chi connectivity index (χ0) is 12.5. The lowest BCUT2D eigenvalue weighted by Gasteiger charge is -2.02. The summed E-state index contributed by atoms with van der Waals surface area (Å²) in [4.78, 5) is 4.56. The van der Waals surface area contributed by atoms with Crippen LogP contribution in [0.1, 0.15) is 0 Å². The highest BCUT2D eigenvalue weighted by Gasteiger charge is 2.10. The van der Waals surface area contributed by atoms with E-state index in [0.29, 0.717) is 0 Å². The highest BCUT2D eigenvalue weighted by Crippen LogP contribution is 2.18. The van der Waals surface area contributed by atoms with Crippen molar-refractivity contribution in [2.45, 2.75) is 0 Å². The first-order chi connectivity index (χ1) is 8.74. The van der Waals surface area contributed by atoms with Gasteiger partial charge in [0, 0.05) is 11.6 Å². The molecular formula is C15H12FN2+. The third-order valence-corrected chi connectivity index (χ3v) is 2.94. The highest BCUT2D eigenvalue weighted by molar-refractivity contribution is 5.73. The lowest BCUT2D eigenvalue weighted by atomic mass is 10.1. The average molecular weight is 239 g/mol. The minimum absolute atomic E-state index is 0.245. The summed E-state index contributed by atoms with van der Waals surface area (Å²) in [5.41, 5.74) is 3.52. The first-order valence-corrected chi connectivity index (χ1v) is 5.75. The molecule has 3 aromatic rings. The van der Waals surface area contributed by atoms with Crippen molar-refractivity contribution in [1.82, 2.24) is 4.98 Å². The standard InChI is InChI=1S/C15H12FN2/c1-18-10-14(11-5-4-6-12(16)9-11)17-13-7-2-3-8-15(13)18/h2-10H,1H3/q+1. The van der Waals surface area contributed by atoms with E-state index in [-0.39, 0.29) is 5.82 Å². The van der Waals surface area contributed by atoms with Crippen molar-refractivity contribution in [2.75, 3.05) is 0 Å². The van der Waals surface area contributed by atoms with Crippen molar-refractivity contribution < 1.29 is 8.96 Å². The van der Waals surface area contributed by atoms with Crippen LogP contribution in [0, 0.1) is 5.82 Å². The van der Waals surface area contributed by atoms with Gasteiger partial charge < -0.3 is 0 Å². The second-order valence-corrected chi connectivity index (χ2v) is 4.24. The number of halogens is 1. The predicted molar refractivity (Wildman–Crippen MR) is 68.3 cm³/mol. The first kappa shape index (κ1) is 10.8. The molecule has 3 heteroatoms. The van der Waals surface area contributed by atoms with Gasteiger partial charge in [-0.25, -0.2) is 9.37 Å². The summed E-state index contributed by atoms with van der Waals surface area (Å²) in [6.45, 7) is 0. The Morgan fingerprint density at radius 2 is 1.89 bits per heavy atom. The quantitative estimate of drug-likeness (QED) is 0.597. The normalized spacial score (nSPS) is 10.8. The maximum absolute atomic E-state index is 13.2. The van der Waals surface area contributed by atoms with E-state index in [0.717, 1.165) is 22.3 Å². The molecule has 0 unspecified atom stereocenters. The Balaban J connectivity index is 2.24. The van der Waals surface area contributed by atoms with E-state index >= 15 is 0 Å². The number of aromatic nitrogens is 2. The molecule has 0 fully saturated rings. The van der Waals surface area contributed by atoms with Gasteiger partial charge in [0.05, 0.1) is 0 Å². The lowest BCUT2D eigenvalue weighted by molar-refractivity contribution is -0.644. The van der Waals surface area contributed by atoms with Crippen LogP contribution in [-0.2, 0) is 7.05 Å². The SMILES string of the molecule is C[n+]1cc(-c2cccc(F)c2)nc2ccccc21. The van der Waals surface area contributed by atoms with Crippen molar-refractivity contribution in [1.29, 1.82) is 0 Å².